The summed E-state index contributed by atoms with van der Waals surface area (Å²) >= 11 is 3.36. The minimum absolute atomic E-state index is 0.813. The normalized spacial score (nSPS) is 11.5. The van der Waals surface area contributed by atoms with E-state index in [9.17, 15) is 0 Å². The Morgan fingerprint density at radius 2 is 2.05 bits per heavy atom. The molecule has 0 spiro atoms. The van der Waals surface area contributed by atoms with Crippen LogP contribution in [0.1, 0.15) is 16.3 Å². The van der Waals surface area contributed by atoms with E-state index in [-0.39, 0.29) is 0 Å². The van der Waals surface area contributed by atoms with Crippen LogP contribution in [0.25, 0.3) is 16.6 Å². The highest BCUT2D eigenvalue weighted by Gasteiger charge is 2.12. The fourth-order valence-electron chi connectivity index (χ4n) is 2.56. The molecule has 4 nitrogen and oxygen atoms in total. The average molecular weight is 326 g/mol. The molecule has 0 radical (unpaired) electrons. The maximum Gasteiger partial charge on any atom is 0.196 e. The summed E-state index contributed by atoms with van der Waals surface area (Å²) in [4.78, 5) is 4.51. The number of thiazole rings is 1. The first-order chi connectivity index (χ1) is 10.7. The quantitative estimate of drug-likeness (QED) is 0.528. The second-order valence-electron chi connectivity index (χ2n) is 5.17. The molecule has 4 rings (SSSR count). The van der Waals surface area contributed by atoms with Crippen molar-refractivity contribution in [2.75, 3.05) is 0 Å². The van der Waals surface area contributed by atoms with Gasteiger partial charge in [0.1, 0.15) is 0 Å². The first-order valence-corrected chi connectivity index (χ1v) is 8.86. The van der Waals surface area contributed by atoms with Gasteiger partial charge >= 0.3 is 0 Å². The van der Waals surface area contributed by atoms with Gasteiger partial charge in [-0.05, 0) is 36.9 Å². The molecule has 3 aromatic heterocycles. The van der Waals surface area contributed by atoms with Crippen molar-refractivity contribution >= 4 is 39.6 Å². The van der Waals surface area contributed by atoms with Crippen LogP contribution >= 0.6 is 23.1 Å². The Bertz CT molecular complexity index is 971. The standard InChI is InChI=1S/C16H14N4S2/c1-10-7-12-5-3-4-6-14(12)20-15(10)18-19-16(20)22-9-13-8-21-11(2)17-13/h3-8H,9H2,1-2H3. The molecular formula is C16H14N4S2. The fraction of sp³-hybridized carbons (Fsp3) is 0.188. The molecule has 0 aliphatic rings. The first kappa shape index (κ1) is 13.7. The van der Waals surface area contributed by atoms with Crippen molar-refractivity contribution in [3.05, 3.63) is 52.0 Å². The Balaban J connectivity index is 1.80. The Morgan fingerprint density at radius 1 is 1.18 bits per heavy atom. The van der Waals surface area contributed by atoms with Crippen molar-refractivity contribution in [1.82, 2.24) is 19.6 Å². The molecule has 0 bridgehead atoms. The summed E-state index contributed by atoms with van der Waals surface area (Å²) in [5.41, 5.74) is 4.31. The van der Waals surface area contributed by atoms with Gasteiger partial charge in [0.2, 0.25) is 0 Å². The summed E-state index contributed by atoms with van der Waals surface area (Å²) < 4.78 is 2.15. The van der Waals surface area contributed by atoms with E-state index < -0.39 is 0 Å². The number of rotatable bonds is 3. The van der Waals surface area contributed by atoms with Gasteiger partial charge in [-0.3, -0.25) is 4.40 Å². The van der Waals surface area contributed by atoms with Crippen LogP contribution in [0.4, 0.5) is 0 Å². The van der Waals surface area contributed by atoms with E-state index in [2.05, 4.69) is 62.2 Å². The number of benzene rings is 1. The number of hydrogen-bond acceptors (Lipinski definition) is 5. The van der Waals surface area contributed by atoms with E-state index in [1.165, 1.54) is 5.39 Å². The molecule has 22 heavy (non-hydrogen) atoms. The van der Waals surface area contributed by atoms with Gasteiger partial charge in [0, 0.05) is 11.1 Å². The van der Waals surface area contributed by atoms with Crippen molar-refractivity contribution in [2.24, 2.45) is 0 Å². The molecule has 0 unspecified atom stereocenters. The number of fused-ring (bicyclic) bond motifs is 3. The van der Waals surface area contributed by atoms with E-state index in [0.29, 0.717) is 0 Å². The van der Waals surface area contributed by atoms with Crippen molar-refractivity contribution < 1.29 is 0 Å². The van der Waals surface area contributed by atoms with Gasteiger partial charge in [-0.2, -0.15) is 0 Å². The smallest absolute Gasteiger partial charge is 0.196 e. The van der Waals surface area contributed by atoms with Gasteiger partial charge in [-0.25, -0.2) is 4.98 Å². The lowest BCUT2D eigenvalue weighted by molar-refractivity contribution is 0.938. The van der Waals surface area contributed by atoms with Crippen LogP contribution in [0.3, 0.4) is 0 Å². The first-order valence-electron chi connectivity index (χ1n) is 6.99. The minimum atomic E-state index is 0.813. The van der Waals surface area contributed by atoms with Gasteiger partial charge in [0.25, 0.3) is 0 Å². The average Bonchev–Trinajstić information content (AvgIpc) is 3.12. The Labute approximate surface area is 136 Å². The SMILES string of the molecule is Cc1nc(CSc2nnc3c(C)cc4ccccc4n23)cs1. The third-order valence-corrected chi connectivity index (χ3v) is 5.34. The van der Waals surface area contributed by atoms with E-state index in [0.717, 1.165) is 38.3 Å². The second kappa shape index (κ2) is 5.37. The number of hydrogen-bond donors (Lipinski definition) is 0. The summed E-state index contributed by atoms with van der Waals surface area (Å²) in [6, 6.07) is 10.5. The topological polar surface area (TPSA) is 43.1 Å². The van der Waals surface area contributed by atoms with Gasteiger partial charge in [-0.1, -0.05) is 30.0 Å². The van der Waals surface area contributed by atoms with Crippen molar-refractivity contribution in [3.63, 3.8) is 0 Å². The number of nitrogens with zero attached hydrogens (tertiary/aromatic N) is 4. The van der Waals surface area contributed by atoms with E-state index in [1.807, 2.05) is 6.92 Å². The van der Waals surface area contributed by atoms with Crippen molar-refractivity contribution in [1.29, 1.82) is 0 Å². The molecule has 0 saturated heterocycles. The zero-order valence-electron chi connectivity index (χ0n) is 12.3. The van der Waals surface area contributed by atoms with Crippen LogP contribution in [0.2, 0.25) is 0 Å². The molecule has 0 aliphatic heterocycles. The largest absolute Gasteiger partial charge is 0.270 e. The lowest BCUT2D eigenvalue weighted by Crippen LogP contribution is -1.93. The number of aromatic nitrogens is 4. The fourth-order valence-corrected chi connectivity index (χ4v) is 4.12. The van der Waals surface area contributed by atoms with Crippen LogP contribution < -0.4 is 0 Å². The predicted molar refractivity (Wildman–Crippen MR) is 91.6 cm³/mol. The summed E-state index contributed by atoms with van der Waals surface area (Å²) in [7, 11) is 0. The summed E-state index contributed by atoms with van der Waals surface area (Å²) in [6.07, 6.45) is 0. The Morgan fingerprint density at radius 3 is 2.86 bits per heavy atom. The van der Waals surface area contributed by atoms with E-state index >= 15 is 0 Å². The summed E-state index contributed by atoms with van der Waals surface area (Å²) in [5.74, 6) is 0.813. The highest BCUT2D eigenvalue weighted by molar-refractivity contribution is 7.98. The monoisotopic (exact) mass is 326 g/mol. The van der Waals surface area contributed by atoms with Gasteiger partial charge in [0.05, 0.1) is 16.2 Å². The Hall–Kier alpha value is -1.92. The summed E-state index contributed by atoms with van der Waals surface area (Å²) in [5, 5.41) is 14.1. The number of pyridine rings is 1. The second-order valence-corrected chi connectivity index (χ2v) is 7.18. The predicted octanol–water partition coefficient (Wildman–Crippen LogP) is 4.25. The molecule has 0 atom stereocenters. The van der Waals surface area contributed by atoms with Gasteiger partial charge < -0.3 is 0 Å². The Kier molecular flexibility index (Phi) is 3.35. The van der Waals surface area contributed by atoms with E-state index in [4.69, 9.17) is 0 Å². The van der Waals surface area contributed by atoms with Gasteiger partial charge in [0.15, 0.2) is 10.8 Å². The zero-order chi connectivity index (χ0) is 15.1. The van der Waals surface area contributed by atoms with Crippen LogP contribution in [0, 0.1) is 13.8 Å². The highest BCUT2D eigenvalue weighted by atomic mass is 32.2. The molecule has 110 valence electrons. The van der Waals surface area contributed by atoms with E-state index in [1.54, 1.807) is 23.1 Å². The van der Waals surface area contributed by atoms with Crippen LogP contribution in [0.5, 0.6) is 0 Å². The van der Waals surface area contributed by atoms with Gasteiger partial charge in [-0.15, -0.1) is 21.5 Å². The molecule has 0 saturated carbocycles. The maximum atomic E-state index is 4.51. The zero-order valence-corrected chi connectivity index (χ0v) is 13.9. The third-order valence-electron chi connectivity index (χ3n) is 3.55. The lowest BCUT2D eigenvalue weighted by Gasteiger charge is -2.06. The molecule has 0 aliphatic carbocycles. The van der Waals surface area contributed by atoms with Crippen LogP contribution in [-0.4, -0.2) is 19.6 Å². The highest BCUT2D eigenvalue weighted by Crippen LogP contribution is 2.27. The lowest BCUT2D eigenvalue weighted by atomic mass is 10.1. The maximum absolute atomic E-state index is 4.51. The number of aryl methyl sites for hydroxylation is 2. The van der Waals surface area contributed by atoms with Crippen molar-refractivity contribution in [2.45, 2.75) is 24.8 Å². The molecule has 0 N–H and O–H groups in total. The molecular weight excluding hydrogens is 312 g/mol. The molecule has 6 heteroatoms. The summed E-state index contributed by atoms with van der Waals surface area (Å²) in [6.45, 7) is 4.11. The molecule has 3 heterocycles. The minimum Gasteiger partial charge on any atom is -0.270 e. The molecule has 0 fully saturated rings. The third kappa shape index (κ3) is 2.28. The molecule has 0 amide bonds. The molecule has 4 aromatic rings. The number of para-hydroxylation sites is 1. The van der Waals surface area contributed by atoms with Crippen molar-refractivity contribution in [3.8, 4) is 0 Å². The van der Waals surface area contributed by atoms with Crippen LogP contribution in [-0.2, 0) is 5.75 Å². The molecule has 1 aromatic carbocycles. The number of thioether (sulfide) groups is 1. The van der Waals surface area contributed by atoms with Crippen LogP contribution in [0.15, 0.2) is 40.9 Å².